The van der Waals surface area contributed by atoms with Crippen LogP contribution in [0.4, 0.5) is 0 Å². The molecule has 1 nitrogen and oxygen atoms in total. The summed E-state index contributed by atoms with van der Waals surface area (Å²) in [5.41, 5.74) is 0.476. The van der Waals surface area contributed by atoms with Gasteiger partial charge in [-0.05, 0) is 50.0 Å². The lowest BCUT2D eigenvalue weighted by molar-refractivity contribution is 0.314. The highest BCUT2D eigenvalue weighted by Crippen LogP contribution is 2.23. The third kappa shape index (κ3) is 10.5. The normalized spacial score (nSPS) is 14.4. The van der Waals surface area contributed by atoms with Crippen molar-refractivity contribution in [2.75, 3.05) is 6.54 Å². The molecule has 16 heavy (non-hydrogen) atoms. The zero-order chi connectivity index (χ0) is 12.6. The standard InChI is InChI=1S/C15H33N/c1-7-12-16-14(9-8-13(2)3)10-11-15(4,5)6/h13-14,16H,7-12H2,1-6H3. The van der Waals surface area contributed by atoms with Gasteiger partial charge in [-0.1, -0.05) is 41.5 Å². The van der Waals surface area contributed by atoms with E-state index in [0.717, 1.165) is 12.0 Å². The summed E-state index contributed by atoms with van der Waals surface area (Å²) in [5, 5.41) is 3.70. The fourth-order valence-corrected chi connectivity index (χ4v) is 1.84. The van der Waals surface area contributed by atoms with Gasteiger partial charge < -0.3 is 5.32 Å². The average molecular weight is 227 g/mol. The lowest BCUT2D eigenvalue weighted by atomic mass is 9.87. The highest BCUT2D eigenvalue weighted by molar-refractivity contribution is 4.72. The predicted molar refractivity (Wildman–Crippen MR) is 74.8 cm³/mol. The first-order valence-corrected chi connectivity index (χ1v) is 7.08. The molecule has 0 saturated heterocycles. The maximum Gasteiger partial charge on any atom is 0.00673 e. The molecule has 0 aromatic heterocycles. The van der Waals surface area contributed by atoms with E-state index in [1.54, 1.807) is 0 Å². The van der Waals surface area contributed by atoms with Gasteiger partial charge in [0.25, 0.3) is 0 Å². The van der Waals surface area contributed by atoms with E-state index >= 15 is 0 Å². The molecule has 0 heterocycles. The van der Waals surface area contributed by atoms with Crippen LogP contribution in [0.15, 0.2) is 0 Å². The van der Waals surface area contributed by atoms with Crippen molar-refractivity contribution >= 4 is 0 Å². The van der Waals surface area contributed by atoms with E-state index in [2.05, 4.69) is 46.9 Å². The summed E-state index contributed by atoms with van der Waals surface area (Å²) in [6.45, 7) is 15.1. The van der Waals surface area contributed by atoms with Crippen LogP contribution in [0.2, 0.25) is 0 Å². The van der Waals surface area contributed by atoms with E-state index in [4.69, 9.17) is 0 Å². The van der Waals surface area contributed by atoms with Crippen molar-refractivity contribution in [1.29, 1.82) is 0 Å². The molecule has 0 aromatic rings. The molecule has 1 unspecified atom stereocenters. The second-order valence-electron chi connectivity index (χ2n) is 6.72. The molecule has 0 amide bonds. The Hall–Kier alpha value is -0.0400. The van der Waals surface area contributed by atoms with Crippen LogP contribution in [0.1, 0.15) is 73.6 Å². The van der Waals surface area contributed by atoms with Crippen molar-refractivity contribution in [3.8, 4) is 0 Å². The minimum Gasteiger partial charge on any atom is -0.314 e. The Morgan fingerprint density at radius 1 is 1.00 bits per heavy atom. The van der Waals surface area contributed by atoms with Crippen molar-refractivity contribution in [2.24, 2.45) is 11.3 Å². The molecule has 0 spiro atoms. The first-order valence-electron chi connectivity index (χ1n) is 7.08. The molecule has 1 atom stereocenters. The third-order valence-electron chi connectivity index (χ3n) is 3.02. The van der Waals surface area contributed by atoms with Crippen molar-refractivity contribution < 1.29 is 0 Å². The third-order valence-corrected chi connectivity index (χ3v) is 3.02. The summed E-state index contributed by atoms with van der Waals surface area (Å²) in [6, 6.07) is 0.738. The Kier molecular flexibility index (Phi) is 8.09. The van der Waals surface area contributed by atoms with Crippen molar-refractivity contribution in [2.45, 2.75) is 79.7 Å². The smallest absolute Gasteiger partial charge is 0.00673 e. The molecule has 0 aromatic carbocycles. The van der Waals surface area contributed by atoms with Gasteiger partial charge in [-0.2, -0.15) is 0 Å². The number of rotatable bonds is 8. The van der Waals surface area contributed by atoms with Gasteiger partial charge in [0.1, 0.15) is 0 Å². The lowest BCUT2D eigenvalue weighted by Crippen LogP contribution is -2.31. The molecule has 0 aliphatic carbocycles. The van der Waals surface area contributed by atoms with Crippen LogP contribution in [-0.4, -0.2) is 12.6 Å². The zero-order valence-electron chi connectivity index (χ0n) is 12.4. The number of hydrogen-bond acceptors (Lipinski definition) is 1. The second kappa shape index (κ2) is 8.11. The van der Waals surface area contributed by atoms with Gasteiger partial charge in [0, 0.05) is 6.04 Å². The van der Waals surface area contributed by atoms with Crippen molar-refractivity contribution in [3.63, 3.8) is 0 Å². The molecule has 0 rings (SSSR count). The molecule has 0 aliphatic rings. The number of hydrogen-bond donors (Lipinski definition) is 1. The van der Waals surface area contributed by atoms with Crippen LogP contribution in [0.25, 0.3) is 0 Å². The number of nitrogens with one attached hydrogen (secondary N) is 1. The summed E-state index contributed by atoms with van der Waals surface area (Å²) >= 11 is 0. The Labute approximate surface area is 103 Å². The maximum absolute atomic E-state index is 3.70. The first-order chi connectivity index (χ1) is 7.35. The van der Waals surface area contributed by atoms with E-state index in [-0.39, 0.29) is 0 Å². The Morgan fingerprint density at radius 2 is 1.62 bits per heavy atom. The molecular formula is C15H33N. The molecule has 0 bridgehead atoms. The Morgan fingerprint density at radius 3 is 2.06 bits per heavy atom. The van der Waals surface area contributed by atoms with E-state index < -0.39 is 0 Å². The van der Waals surface area contributed by atoms with E-state index in [9.17, 15) is 0 Å². The monoisotopic (exact) mass is 227 g/mol. The molecular weight excluding hydrogens is 194 g/mol. The van der Waals surface area contributed by atoms with Crippen LogP contribution < -0.4 is 5.32 Å². The Bertz CT molecular complexity index is 155. The molecule has 1 N–H and O–H groups in total. The fraction of sp³-hybridized carbons (Fsp3) is 1.00. The minimum atomic E-state index is 0.476. The lowest BCUT2D eigenvalue weighted by Gasteiger charge is -2.24. The zero-order valence-corrected chi connectivity index (χ0v) is 12.4. The highest BCUT2D eigenvalue weighted by Gasteiger charge is 2.15. The van der Waals surface area contributed by atoms with Crippen molar-refractivity contribution in [1.82, 2.24) is 5.32 Å². The van der Waals surface area contributed by atoms with Crippen LogP contribution in [-0.2, 0) is 0 Å². The summed E-state index contributed by atoms with van der Waals surface area (Å²) in [6.07, 6.45) is 6.59. The second-order valence-corrected chi connectivity index (χ2v) is 6.72. The average Bonchev–Trinajstić information content (AvgIpc) is 2.15. The van der Waals surface area contributed by atoms with Gasteiger partial charge >= 0.3 is 0 Å². The molecule has 98 valence electrons. The Balaban J connectivity index is 3.89. The summed E-state index contributed by atoms with van der Waals surface area (Å²) in [5.74, 6) is 0.834. The minimum absolute atomic E-state index is 0.476. The van der Waals surface area contributed by atoms with E-state index in [1.807, 2.05) is 0 Å². The molecule has 0 fully saturated rings. The molecule has 0 radical (unpaired) electrons. The van der Waals surface area contributed by atoms with Gasteiger partial charge in [-0.3, -0.25) is 0 Å². The van der Waals surface area contributed by atoms with Gasteiger partial charge in [-0.25, -0.2) is 0 Å². The summed E-state index contributed by atoms with van der Waals surface area (Å²) in [4.78, 5) is 0. The predicted octanol–water partition coefficient (Wildman–Crippen LogP) is 4.62. The molecule has 0 saturated carbocycles. The van der Waals surface area contributed by atoms with E-state index in [0.29, 0.717) is 5.41 Å². The van der Waals surface area contributed by atoms with Crippen LogP contribution in [0, 0.1) is 11.3 Å². The van der Waals surface area contributed by atoms with Crippen molar-refractivity contribution in [3.05, 3.63) is 0 Å². The van der Waals surface area contributed by atoms with Gasteiger partial charge in [0.05, 0.1) is 0 Å². The quantitative estimate of drug-likeness (QED) is 0.638. The highest BCUT2D eigenvalue weighted by atomic mass is 14.9. The summed E-state index contributed by atoms with van der Waals surface area (Å²) in [7, 11) is 0. The fourth-order valence-electron chi connectivity index (χ4n) is 1.84. The molecule has 1 heteroatoms. The topological polar surface area (TPSA) is 12.0 Å². The molecule has 0 aliphatic heterocycles. The maximum atomic E-state index is 3.70. The largest absolute Gasteiger partial charge is 0.314 e. The van der Waals surface area contributed by atoms with Crippen LogP contribution in [0.3, 0.4) is 0 Å². The first kappa shape index (κ1) is 16.0. The van der Waals surface area contributed by atoms with Gasteiger partial charge in [0.15, 0.2) is 0 Å². The SMILES string of the molecule is CCCNC(CCC(C)C)CCC(C)(C)C. The van der Waals surface area contributed by atoms with Gasteiger partial charge in [0.2, 0.25) is 0 Å². The van der Waals surface area contributed by atoms with Gasteiger partial charge in [-0.15, -0.1) is 0 Å². The van der Waals surface area contributed by atoms with Crippen LogP contribution in [0.5, 0.6) is 0 Å². The van der Waals surface area contributed by atoms with E-state index in [1.165, 1.54) is 38.6 Å². The van der Waals surface area contributed by atoms with Crippen LogP contribution >= 0.6 is 0 Å². The summed E-state index contributed by atoms with van der Waals surface area (Å²) < 4.78 is 0.